The molecular formula is C82H104F5N23O16S4. The van der Waals surface area contributed by atoms with Crippen molar-refractivity contribution in [2.45, 2.75) is 145 Å². The van der Waals surface area contributed by atoms with Crippen molar-refractivity contribution in [1.82, 2.24) is 52.3 Å². The van der Waals surface area contributed by atoms with Gasteiger partial charge in [-0.1, -0.05) is 5.16 Å². The van der Waals surface area contributed by atoms with Gasteiger partial charge in [0.1, 0.15) is 124 Å². The van der Waals surface area contributed by atoms with Crippen molar-refractivity contribution in [2.75, 3.05) is 103 Å². The first-order valence-electron chi connectivity index (χ1n) is 39.5. The Labute approximate surface area is 749 Å². The van der Waals surface area contributed by atoms with Gasteiger partial charge in [-0.25, -0.2) is 97.8 Å². The van der Waals surface area contributed by atoms with Gasteiger partial charge in [0.05, 0.1) is 44.7 Å². The summed E-state index contributed by atoms with van der Waals surface area (Å²) in [6, 6.07) is 17.5. The van der Waals surface area contributed by atoms with Crippen LogP contribution in [0.2, 0.25) is 0 Å². The molecule has 4 aromatic carbocycles. The number of aryl methyl sites for hydroxylation is 3. The first kappa shape index (κ1) is 102. The molecule has 4 aliphatic heterocycles. The van der Waals surface area contributed by atoms with E-state index in [0.29, 0.717) is 22.7 Å². The number of aliphatic imine (C=N–C) groups is 4. The highest BCUT2D eigenvalue weighted by molar-refractivity contribution is 7.92. The van der Waals surface area contributed by atoms with Crippen molar-refractivity contribution >= 4 is 110 Å². The number of aromatic nitrogens is 7. The molecule has 0 radical (unpaired) electrons. The van der Waals surface area contributed by atoms with Crippen LogP contribution in [-0.4, -0.2) is 234 Å². The van der Waals surface area contributed by atoms with Gasteiger partial charge in [-0.2, -0.15) is 4.98 Å². The fraction of sp³-hybridized carbons (Fsp3) is 0.427. The smallest absolute Gasteiger partial charge is 0.297 e. The normalized spacial score (nSPS) is 22.4. The first-order chi connectivity index (χ1) is 60.0. The molecule has 0 saturated carbocycles. The molecule has 0 saturated heterocycles. The lowest BCUT2D eigenvalue weighted by atomic mass is 9.91. The average Bonchev–Trinajstić information content (AvgIpc) is 1.62. The van der Waals surface area contributed by atoms with Gasteiger partial charge >= 0.3 is 0 Å². The molecule has 12 rings (SSSR count). The lowest BCUT2D eigenvalue weighted by Crippen LogP contribution is -2.50. The van der Waals surface area contributed by atoms with Crippen LogP contribution in [0.25, 0.3) is 0 Å². The van der Waals surface area contributed by atoms with Crippen molar-refractivity contribution in [2.24, 2.45) is 42.9 Å². The maximum Gasteiger partial charge on any atom is 0.297 e. The Morgan fingerprint density at radius 2 is 0.762 bits per heavy atom. The number of alkyl halides is 1. The number of carbonyl (C=O) groups excluding carboxylic acids is 4. The Hall–Kier alpha value is -12.2. The minimum Gasteiger partial charge on any atom is -0.495 e. The van der Waals surface area contributed by atoms with Gasteiger partial charge in [0.15, 0.2) is 0 Å². The minimum absolute atomic E-state index is 0.0472. The van der Waals surface area contributed by atoms with Gasteiger partial charge in [-0.15, -0.1) is 0 Å². The van der Waals surface area contributed by atoms with E-state index >= 15 is 0 Å². The highest BCUT2D eigenvalue weighted by atomic mass is 32.2. The van der Waals surface area contributed by atoms with Gasteiger partial charge < -0.3 is 62.9 Å². The lowest BCUT2D eigenvalue weighted by molar-refractivity contribution is 0.100. The predicted octanol–water partition coefficient (Wildman–Crippen LogP) is 7.47. The third-order valence-corrected chi connectivity index (χ3v) is 32.1. The molecule has 130 heavy (non-hydrogen) atoms. The van der Waals surface area contributed by atoms with Crippen LogP contribution in [0.4, 0.5) is 44.7 Å². The molecule has 0 fully saturated rings. The topological polar surface area (TPSA) is 550 Å². The van der Waals surface area contributed by atoms with Crippen LogP contribution >= 0.6 is 0 Å². The van der Waals surface area contributed by atoms with E-state index in [1.54, 1.807) is 54.5 Å². The van der Waals surface area contributed by atoms with E-state index in [2.05, 4.69) is 76.3 Å². The molecule has 0 bridgehead atoms. The second kappa shape index (κ2) is 37.7. The number of amides is 4. The second-order valence-electron chi connectivity index (χ2n) is 33.6. The zero-order valence-electron chi connectivity index (χ0n) is 75.1. The average molecular weight is 1890 g/mol. The zero-order valence-corrected chi connectivity index (χ0v) is 78.4. The summed E-state index contributed by atoms with van der Waals surface area (Å²) in [6.45, 7) is 21.4. The van der Waals surface area contributed by atoms with Crippen LogP contribution in [0.1, 0.15) is 165 Å². The maximum atomic E-state index is 15.0. The monoisotopic (exact) mass is 1890 g/mol. The summed E-state index contributed by atoms with van der Waals surface area (Å²) in [5.41, 5.74) is 21.5. The Balaban J connectivity index is 0.000000195. The van der Waals surface area contributed by atoms with Crippen LogP contribution in [0.5, 0.6) is 17.5 Å². The molecule has 4 amide bonds. The molecule has 8 heterocycles. The number of likely N-dealkylation sites (N-methyl/N-ethyl adjacent to an activating group) is 4. The highest BCUT2D eigenvalue weighted by Gasteiger charge is 2.53. The van der Waals surface area contributed by atoms with E-state index in [4.69, 9.17) is 41.7 Å². The molecule has 4 aliphatic rings. The Kier molecular flexibility index (Phi) is 29.4. The molecule has 39 nitrogen and oxygen atoms in total. The fourth-order valence-corrected chi connectivity index (χ4v) is 20.1. The van der Waals surface area contributed by atoms with E-state index in [0.717, 1.165) is 35.6 Å². The Morgan fingerprint density at radius 3 is 1.06 bits per heavy atom. The third kappa shape index (κ3) is 20.5. The van der Waals surface area contributed by atoms with Gasteiger partial charge in [0.25, 0.3) is 29.5 Å². The molecule has 0 unspecified atom stereocenters. The Bertz CT molecular complexity index is 6180. The molecule has 12 N–H and O–H groups in total. The van der Waals surface area contributed by atoms with Crippen LogP contribution < -0.4 is 58.4 Å². The largest absolute Gasteiger partial charge is 0.495 e. The number of pyridine rings is 1. The van der Waals surface area contributed by atoms with Crippen molar-refractivity contribution < 1.29 is 93.5 Å². The number of hydrogen-bond donors (Lipinski definition) is 8. The summed E-state index contributed by atoms with van der Waals surface area (Å²) in [5.74, 6) is -4.41. The molecule has 4 atom stereocenters. The fourth-order valence-electron chi connectivity index (χ4n) is 14.0. The van der Waals surface area contributed by atoms with E-state index in [1.807, 2.05) is 0 Å². The van der Waals surface area contributed by atoms with Crippen molar-refractivity contribution in [3.8, 4) is 17.5 Å². The van der Waals surface area contributed by atoms with E-state index in [1.165, 1.54) is 177 Å². The summed E-state index contributed by atoms with van der Waals surface area (Å²) in [4.78, 5) is 92.0. The highest BCUT2D eigenvalue weighted by Crippen LogP contribution is 2.43. The van der Waals surface area contributed by atoms with Crippen molar-refractivity contribution in [1.29, 1.82) is 0 Å². The van der Waals surface area contributed by atoms with Crippen LogP contribution in [0.3, 0.4) is 0 Å². The summed E-state index contributed by atoms with van der Waals surface area (Å²) in [5, 5.41) is 14.1. The molecule has 4 aromatic heterocycles. The number of anilines is 4. The number of amidine groups is 4. The van der Waals surface area contributed by atoms with Crippen molar-refractivity contribution in [3.05, 3.63) is 189 Å². The minimum atomic E-state index is -3.85. The molecule has 0 aliphatic carbocycles. The number of nitrogens with two attached hydrogens (primary N) is 4. The van der Waals surface area contributed by atoms with E-state index < -0.39 is 135 Å². The lowest BCUT2D eigenvalue weighted by Gasteiger charge is -2.29. The number of hydrogen-bond acceptors (Lipinski definition) is 31. The molecule has 702 valence electrons. The van der Waals surface area contributed by atoms with Crippen LogP contribution in [0.15, 0.2) is 128 Å². The molecular weight excluding hydrogens is 1790 g/mol. The Morgan fingerprint density at radius 1 is 0.431 bits per heavy atom. The van der Waals surface area contributed by atoms with Crippen LogP contribution in [0, 0.1) is 44.0 Å². The number of ether oxygens (including phenoxy) is 3. The summed E-state index contributed by atoms with van der Waals surface area (Å²) < 4.78 is 193. The number of carbonyl (C=O) groups is 4. The SMILES string of the molecule is CN1C[C@@](C)(c2cc(NC(=O)c3cnc(OCCF)cn3)ccc2F)N=C(N)C(C)(C)S1(=O)=O.COc1cnc(C(=O)Nc2ccc(F)c([C@]3(C)CN(C)S(=O)(=O)C(C)(C)C(N)=N3)c2)c(C)c1.COc1cnc(C(=O)Nc2ccc(F)c([C@]3(C)CN(C)S(=O)(=O)C(C)(C)C(N)=N3)c2)c(C)n1.Cc1nc(C(=O)Nc2ccc(F)c([C@]3(C)CN(C)S(=O)(=O)C(C)(C)C(N)=N3)c2)no1. The van der Waals surface area contributed by atoms with Gasteiger partial charge in [0, 0.05) is 106 Å². The zero-order chi connectivity index (χ0) is 97.3. The maximum absolute atomic E-state index is 15.0. The molecule has 48 heteroatoms. The van der Waals surface area contributed by atoms with Crippen LogP contribution in [-0.2, 0) is 62.2 Å². The second-order valence-corrected chi connectivity index (χ2v) is 43.9. The summed E-state index contributed by atoms with van der Waals surface area (Å²) in [7, 11) is -6.80. The number of methoxy groups -OCH3 is 2. The standard InChI is InChI=1S/C22H28FN5O4S.C21H26F2N6O4S.C21H27FN6O4S.C18H23FN6O4S/c1-13-9-15(32-6)11-25-18(13)19(29)26-14-7-8-17(23)16(10-14)22(4)12-28(5)33(30,31)21(2,3)20(24)27-22;1-20(2)19(24)28-21(3,12-29(4)34(20,31)32)14-9-13(5-6-15(14)23)27-18(30)16-10-26-17(11-25-16)33-8-7-22;1-12-17(24-10-16(25-12)32-6)18(29)26-13-7-8-15(22)14(9-13)21(4)11-28(5)33(30,31)20(2,3)19(23)27-21;1-10-21-14(24-29-10)15(26)22-11-6-7-13(19)12(8-11)18(4)9-25(5)30(27,28)17(2,3)16(20)23-18/h7-11H,12H2,1-6H3,(H2,24,27)(H,26,29);5-6,9-11H,7-8,12H2,1-4H3,(H2,24,28)(H,27,30);7-10H,11H2,1-6H3,(H2,23,27)(H,26,29);6-8H,9H2,1-5H3,(H2,20,23)(H,22,26)/t22-;2*21-;18-/m0000/s1. The van der Waals surface area contributed by atoms with E-state index in [-0.39, 0.29) is 136 Å². The van der Waals surface area contributed by atoms with Gasteiger partial charge in [0.2, 0.25) is 57.7 Å². The number of rotatable bonds is 17. The summed E-state index contributed by atoms with van der Waals surface area (Å²) >= 11 is 0. The summed E-state index contributed by atoms with van der Waals surface area (Å²) in [6.07, 6.45) is 5.09. The van der Waals surface area contributed by atoms with E-state index in [9.17, 15) is 74.8 Å². The third-order valence-electron chi connectivity index (χ3n) is 22.3. The number of halogens is 5. The number of nitrogens with one attached hydrogen (secondary N) is 4. The predicted molar refractivity (Wildman–Crippen MR) is 477 cm³/mol. The molecule has 0 spiro atoms. The quantitative estimate of drug-likeness (QED) is 0.0410. The van der Waals surface area contributed by atoms with Gasteiger partial charge in [-0.3, -0.25) is 39.1 Å². The van der Waals surface area contributed by atoms with Crippen molar-refractivity contribution in [3.63, 3.8) is 0 Å². The number of nitrogens with zero attached hydrogens (tertiary/aromatic N) is 15. The molecule has 8 aromatic rings. The number of benzene rings is 4. The number of sulfonamides is 4. The van der Waals surface area contributed by atoms with Gasteiger partial charge in [-0.05, 0) is 181 Å². The first-order valence-corrected chi connectivity index (χ1v) is 45.2.